The second kappa shape index (κ2) is 7.12. The summed E-state index contributed by atoms with van der Waals surface area (Å²) in [5.41, 5.74) is 2.55. The first-order chi connectivity index (χ1) is 12.4. The van der Waals surface area contributed by atoms with Gasteiger partial charge in [0.15, 0.2) is 5.69 Å². The lowest BCUT2D eigenvalue weighted by atomic mass is 10.3. The predicted octanol–water partition coefficient (Wildman–Crippen LogP) is 2.82. The molecule has 3 aromatic heterocycles. The third-order valence-electron chi connectivity index (χ3n) is 4.02. The van der Waals surface area contributed by atoms with E-state index in [0.29, 0.717) is 16.4 Å². The number of hydrogen-bond donors (Lipinski definition) is 2. The normalized spacial score (nSPS) is 10.8. The molecule has 0 saturated heterocycles. The zero-order valence-corrected chi connectivity index (χ0v) is 15.8. The molecule has 0 bridgehead atoms. The van der Waals surface area contributed by atoms with Crippen LogP contribution in [0.3, 0.4) is 0 Å². The van der Waals surface area contributed by atoms with Crippen molar-refractivity contribution in [3.63, 3.8) is 0 Å². The molecule has 0 fully saturated rings. The molecular weight excluding hydrogens is 352 g/mol. The average Bonchev–Trinajstić information content (AvgIpc) is 3.32. The van der Waals surface area contributed by atoms with Crippen LogP contribution in [0.5, 0.6) is 0 Å². The van der Waals surface area contributed by atoms with Crippen molar-refractivity contribution in [3.8, 4) is 0 Å². The molecule has 0 aromatic carbocycles. The molecule has 2 N–H and O–H groups in total. The summed E-state index contributed by atoms with van der Waals surface area (Å²) >= 11 is 1.35. The van der Waals surface area contributed by atoms with Crippen molar-refractivity contribution < 1.29 is 9.59 Å². The number of rotatable bonds is 5. The number of thiophene rings is 1. The van der Waals surface area contributed by atoms with Gasteiger partial charge in [0.1, 0.15) is 5.82 Å². The van der Waals surface area contributed by atoms with E-state index < -0.39 is 0 Å². The molecule has 0 saturated carbocycles. The van der Waals surface area contributed by atoms with Gasteiger partial charge >= 0.3 is 0 Å². The standard InChI is InChI=1S/C17H20N6O2S/c1-5-23-11(3)15(10(2)20-23)19-16(24)12-9-14(22(4)21-12)18-17(25)13-7-6-8-26-13/h6-9H,5H2,1-4H3,(H,18,25)(H,19,24). The van der Waals surface area contributed by atoms with Crippen molar-refractivity contribution in [3.05, 3.63) is 45.5 Å². The number of aryl methyl sites for hydroxylation is 3. The maximum absolute atomic E-state index is 12.6. The van der Waals surface area contributed by atoms with Crippen LogP contribution in [0, 0.1) is 13.8 Å². The lowest BCUT2D eigenvalue weighted by Crippen LogP contribution is -2.14. The van der Waals surface area contributed by atoms with E-state index in [9.17, 15) is 9.59 Å². The summed E-state index contributed by atoms with van der Waals surface area (Å²) in [7, 11) is 1.67. The Bertz CT molecular complexity index is 954. The van der Waals surface area contributed by atoms with Crippen molar-refractivity contribution in [1.29, 1.82) is 0 Å². The van der Waals surface area contributed by atoms with Crippen LogP contribution in [0.15, 0.2) is 23.6 Å². The van der Waals surface area contributed by atoms with Crippen LogP contribution in [0.2, 0.25) is 0 Å². The third-order valence-corrected chi connectivity index (χ3v) is 4.89. The molecule has 0 aliphatic heterocycles. The summed E-state index contributed by atoms with van der Waals surface area (Å²) in [6.07, 6.45) is 0. The zero-order valence-electron chi connectivity index (χ0n) is 15.0. The minimum atomic E-state index is -0.348. The van der Waals surface area contributed by atoms with Crippen LogP contribution in [0.1, 0.15) is 38.5 Å². The lowest BCUT2D eigenvalue weighted by molar-refractivity contribution is 0.101. The SMILES string of the molecule is CCn1nc(C)c(NC(=O)c2cc(NC(=O)c3cccs3)n(C)n2)c1C. The Morgan fingerprint density at radius 3 is 2.58 bits per heavy atom. The molecular formula is C17H20N6O2S. The number of nitrogens with one attached hydrogen (secondary N) is 2. The largest absolute Gasteiger partial charge is 0.317 e. The van der Waals surface area contributed by atoms with Crippen LogP contribution in [0.4, 0.5) is 11.5 Å². The summed E-state index contributed by atoms with van der Waals surface area (Å²) in [5.74, 6) is -0.129. The van der Waals surface area contributed by atoms with E-state index in [2.05, 4.69) is 20.8 Å². The number of nitrogens with zero attached hydrogens (tertiary/aromatic N) is 4. The molecule has 0 unspecified atom stereocenters. The molecule has 3 heterocycles. The monoisotopic (exact) mass is 372 g/mol. The quantitative estimate of drug-likeness (QED) is 0.720. The predicted molar refractivity (Wildman–Crippen MR) is 101 cm³/mol. The highest BCUT2D eigenvalue weighted by atomic mass is 32.1. The second-order valence-corrected chi connectivity index (χ2v) is 6.73. The lowest BCUT2D eigenvalue weighted by Gasteiger charge is -2.04. The van der Waals surface area contributed by atoms with Gasteiger partial charge in [-0.05, 0) is 32.2 Å². The number of aromatic nitrogens is 4. The molecule has 0 radical (unpaired) electrons. The van der Waals surface area contributed by atoms with E-state index >= 15 is 0 Å². The molecule has 0 aliphatic carbocycles. The Labute approximate surface area is 154 Å². The summed E-state index contributed by atoms with van der Waals surface area (Å²) in [5, 5.41) is 16.0. The van der Waals surface area contributed by atoms with Gasteiger partial charge in [-0.25, -0.2) is 0 Å². The molecule has 3 aromatic rings. The van der Waals surface area contributed by atoms with Gasteiger partial charge in [-0.3, -0.25) is 19.0 Å². The third kappa shape index (κ3) is 3.38. The molecule has 3 rings (SSSR count). The number of carbonyl (C=O) groups is 2. The van der Waals surface area contributed by atoms with Crippen molar-refractivity contribution in [1.82, 2.24) is 19.6 Å². The van der Waals surface area contributed by atoms with Gasteiger partial charge in [-0.15, -0.1) is 11.3 Å². The van der Waals surface area contributed by atoms with Crippen LogP contribution >= 0.6 is 11.3 Å². The molecule has 9 heteroatoms. The molecule has 136 valence electrons. The van der Waals surface area contributed by atoms with E-state index in [4.69, 9.17) is 0 Å². The number of hydrogen-bond acceptors (Lipinski definition) is 5. The fourth-order valence-corrected chi connectivity index (χ4v) is 3.26. The maximum Gasteiger partial charge on any atom is 0.276 e. The van der Waals surface area contributed by atoms with Crippen LogP contribution in [0.25, 0.3) is 0 Å². The first-order valence-electron chi connectivity index (χ1n) is 8.15. The summed E-state index contributed by atoms with van der Waals surface area (Å²) in [4.78, 5) is 25.3. The first kappa shape index (κ1) is 17.9. The summed E-state index contributed by atoms with van der Waals surface area (Å²) < 4.78 is 3.30. The topological polar surface area (TPSA) is 93.8 Å². The van der Waals surface area contributed by atoms with Crippen molar-refractivity contribution in [2.75, 3.05) is 10.6 Å². The minimum absolute atomic E-state index is 0.219. The fourth-order valence-electron chi connectivity index (χ4n) is 2.64. The van der Waals surface area contributed by atoms with Crippen LogP contribution < -0.4 is 10.6 Å². The average molecular weight is 372 g/mol. The minimum Gasteiger partial charge on any atom is -0.317 e. The highest BCUT2D eigenvalue weighted by Gasteiger charge is 2.19. The van der Waals surface area contributed by atoms with E-state index in [1.54, 1.807) is 19.2 Å². The number of amides is 2. The van der Waals surface area contributed by atoms with Crippen LogP contribution in [-0.2, 0) is 13.6 Å². The molecule has 8 nitrogen and oxygen atoms in total. The van der Waals surface area contributed by atoms with Gasteiger partial charge in [-0.2, -0.15) is 10.2 Å². The molecule has 0 aliphatic rings. The van der Waals surface area contributed by atoms with Gasteiger partial charge in [0.2, 0.25) is 0 Å². The Morgan fingerprint density at radius 2 is 1.96 bits per heavy atom. The molecule has 26 heavy (non-hydrogen) atoms. The Hall–Kier alpha value is -2.94. The first-order valence-corrected chi connectivity index (χ1v) is 9.03. The maximum atomic E-state index is 12.6. The van der Waals surface area contributed by atoms with Gasteiger partial charge in [0, 0.05) is 19.7 Å². The number of anilines is 2. The molecule has 0 spiro atoms. The highest BCUT2D eigenvalue weighted by Crippen LogP contribution is 2.21. The van der Waals surface area contributed by atoms with Gasteiger partial charge in [0.05, 0.1) is 22.0 Å². The van der Waals surface area contributed by atoms with Crippen molar-refractivity contribution in [2.24, 2.45) is 7.05 Å². The number of carbonyl (C=O) groups excluding carboxylic acids is 2. The second-order valence-electron chi connectivity index (χ2n) is 5.79. The van der Waals surface area contributed by atoms with Crippen molar-refractivity contribution >= 4 is 34.7 Å². The summed E-state index contributed by atoms with van der Waals surface area (Å²) in [6, 6.07) is 5.10. The van der Waals surface area contributed by atoms with E-state index in [1.165, 1.54) is 16.0 Å². The van der Waals surface area contributed by atoms with Crippen molar-refractivity contribution in [2.45, 2.75) is 27.3 Å². The summed E-state index contributed by atoms with van der Waals surface area (Å²) in [6.45, 7) is 6.47. The van der Waals surface area contributed by atoms with E-state index in [1.807, 2.05) is 36.9 Å². The Kier molecular flexibility index (Phi) is 4.90. The zero-order chi connectivity index (χ0) is 18.8. The van der Waals surface area contributed by atoms with Gasteiger partial charge in [-0.1, -0.05) is 6.07 Å². The Balaban J connectivity index is 1.77. The highest BCUT2D eigenvalue weighted by molar-refractivity contribution is 7.12. The smallest absolute Gasteiger partial charge is 0.276 e. The van der Waals surface area contributed by atoms with Gasteiger partial charge < -0.3 is 10.6 Å². The molecule has 0 atom stereocenters. The fraction of sp³-hybridized carbons (Fsp3) is 0.294. The van der Waals surface area contributed by atoms with Gasteiger partial charge in [0.25, 0.3) is 11.8 Å². The van der Waals surface area contributed by atoms with Crippen LogP contribution in [-0.4, -0.2) is 31.4 Å². The van der Waals surface area contributed by atoms with E-state index in [0.717, 1.165) is 17.9 Å². The Morgan fingerprint density at radius 1 is 1.19 bits per heavy atom. The van der Waals surface area contributed by atoms with E-state index in [-0.39, 0.29) is 17.5 Å². The molecule has 2 amide bonds.